The SMILES string of the molecule is CNC(=O)Nc1ccc2c(c1)CC[C@@]21OC(=O)N(CC(=O)N2[C@H](C3(C)C=CC(F)=CC3)CC[C@@H]2C)C1=O. The summed E-state index contributed by atoms with van der Waals surface area (Å²) in [6.07, 6.45) is 6.72. The molecule has 196 valence electrons. The molecule has 5 rings (SSSR count). The fraction of sp³-hybridized carbons (Fsp3) is 0.481. The molecule has 9 nitrogen and oxygen atoms in total. The topological polar surface area (TPSA) is 108 Å². The summed E-state index contributed by atoms with van der Waals surface area (Å²) in [5.41, 5.74) is 0.0396. The Balaban J connectivity index is 1.35. The number of halogens is 1. The smallest absolute Gasteiger partial charge is 0.418 e. The molecule has 4 atom stereocenters. The van der Waals surface area contributed by atoms with Gasteiger partial charge in [0.1, 0.15) is 12.4 Å². The van der Waals surface area contributed by atoms with E-state index in [1.54, 1.807) is 23.1 Å². The van der Waals surface area contributed by atoms with E-state index in [1.807, 2.05) is 19.9 Å². The normalized spacial score (nSPS) is 30.4. The van der Waals surface area contributed by atoms with Gasteiger partial charge >= 0.3 is 12.1 Å². The van der Waals surface area contributed by atoms with Crippen LogP contribution in [0.2, 0.25) is 0 Å². The molecule has 2 fully saturated rings. The molecule has 5 amide bonds. The number of benzene rings is 1. The maximum absolute atomic E-state index is 13.6. The molecular weight excluding hydrogens is 479 g/mol. The van der Waals surface area contributed by atoms with Crippen molar-refractivity contribution < 1.29 is 28.3 Å². The summed E-state index contributed by atoms with van der Waals surface area (Å²) in [7, 11) is 1.51. The van der Waals surface area contributed by atoms with Gasteiger partial charge in [0.25, 0.3) is 5.91 Å². The van der Waals surface area contributed by atoms with Crippen LogP contribution in [0, 0.1) is 5.41 Å². The Labute approximate surface area is 214 Å². The quantitative estimate of drug-likeness (QED) is 0.641. The molecule has 2 aliphatic heterocycles. The fourth-order valence-electron chi connectivity index (χ4n) is 6.16. The number of hydrogen-bond donors (Lipinski definition) is 2. The highest BCUT2D eigenvalue weighted by molar-refractivity contribution is 6.06. The molecule has 2 N–H and O–H groups in total. The zero-order valence-electron chi connectivity index (χ0n) is 21.2. The van der Waals surface area contributed by atoms with E-state index in [9.17, 15) is 23.6 Å². The molecule has 0 radical (unpaired) electrons. The lowest BCUT2D eigenvalue weighted by Gasteiger charge is -2.41. The molecule has 0 bridgehead atoms. The lowest BCUT2D eigenvalue weighted by atomic mass is 9.75. The van der Waals surface area contributed by atoms with Crippen LogP contribution < -0.4 is 10.6 Å². The van der Waals surface area contributed by atoms with E-state index in [1.165, 1.54) is 19.2 Å². The number of anilines is 1. The summed E-state index contributed by atoms with van der Waals surface area (Å²) < 4.78 is 19.3. The molecule has 4 aliphatic rings. The number of carbonyl (C=O) groups is 4. The van der Waals surface area contributed by atoms with Gasteiger partial charge in [0.2, 0.25) is 11.5 Å². The molecule has 2 saturated heterocycles. The molecule has 2 heterocycles. The van der Waals surface area contributed by atoms with Gasteiger partial charge in [0, 0.05) is 42.2 Å². The van der Waals surface area contributed by atoms with Crippen molar-refractivity contribution in [2.24, 2.45) is 5.41 Å². The molecule has 37 heavy (non-hydrogen) atoms. The second kappa shape index (κ2) is 9.00. The van der Waals surface area contributed by atoms with Crippen LogP contribution in [0.5, 0.6) is 0 Å². The average Bonchev–Trinajstić information content (AvgIpc) is 3.51. The van der Waals surface area contributed by atoms with Gasteiger partial charge in [-0.1, -0.05) is 19.1 Å². The number of aryl methyl sites for hydroxylation is 1. The fourth-order valence-corrected chi connectivity index (χ4v) is 6.16. The Kier molecular flexibility index (Phi) is 6.08. The number of ether oxygens (including phenoxy) is 1. The first-order chi connectivity index (χ1) is 17.6. The van der Waals surface area contributed by atoms with Crippen molar-refractivity contribution in [1.29, 1.82) is 0 Å². The number of carbonyl (C=O) groups excluding carboxylic acids is 4. The van der Waals surface area contributed by atoms with Gasteiger partial charge in [-0.3, -0.25) is 9.59 Å². The standard InChI is InChI=1S/C27H31FN4O5/c1-16-4-7-21(26(2)11-9-18(28)10-12-26)32(16)22(33)15-31-23(34)27(37-25(31)36)13-8-17-14-19(5-6-20(17)27)30-24(35)29-3/h5-6,9-11,14,16,21H,4,7-8,12-13,15H2,1-3H3,(H2,29,30,35)/t16-,21-,26?,27+/m0/s1. The number of urea groups is 1. The van der Waals surface area contributed by atoms with Crippen LogP contribution in [0.3, 0.4) is 0 Å². The third-order valence-electron chi connectivity index (χ3n) is 8.22. The Morgan fingerprint density at radius 2 is 2.03 bits per heavy atom. The van der Waals surface area contributed by atoms with Crippen molar-refractivity contribution in [2.75, 3.05) is 18.9 Å². The molecule has 0 saturated carbocycles. The average molecular weight is 511 g/mol. The van der Waals surface area contributed by atoms with Crippen molar-refractivity contribution in [1.82, 2.24) is 15.1 Å². The summed E-state index contributed by atoms with van der Waals surface area (Å²) in [4.78, 5) is 54.4. The van der Waals surface area contributed by atoms with Crippen LogP contribution in [0.15, 0.2) is 42.3 Å². The van der Waals surface area contributed by atoms with E-state index in [0.717, 1.165) is 23.3 Å². The molecule has 0 aromatic heterocycles. The molecular formula is C27H31FN4O5. The Morgan fingerprint density at radius 1 is 1.24 bits per heavy atom. The molecule has 1 aromatic rings. The lowest BCUT2D eigenvalue weighted by Crippen LogP contribution is -2.52. The first kappa shape index (κ1) is 25.0. The van der Waals surface area contributed by atoms with Crippen molar-refractivity contribution in [3.05, 3.63) is 53.4 Å². The van der Waals surface area contributed by atoms with Gasteiger partial charge in [-0.2, -0.15) is 0 Å². The van der Waals surface area contributed by atoms with Gasteiger partial charge in [-0.15, -0.1) is 0 Å². The number of imide groups is 1. The van der Waals surface area contributed by atoms with E-state index in [4.69, 9.17) is 4.74 Å². The molecule has 1 spiro atoms. The summed E-state index contributed by atoms with van der Waals surface area (Å²) in [5.74, 6) is -1.16. The molecule has 1 unspecified atom stereocenters. The highest BCUT2D eigenvalue weighted by atomic mass is 19.1. The zero-order valence-corrected chi connectivity index (χ0v) is 21.2. The predicted octanol–water partition coefficient (Wildman–Crippen LogP) is 3.76. The van der Waals surface area contributed by atoms with Crippen LogP contribution in [0.25, 0.3) is 0 Å². The van der Waals surface area contributed by atoms with Gasteiger partial charge in [-0.05, 0) is 62.5 Å². The zero-order chi connectivity index (χ0) is 26.5. The third kappa shape index (κ3) is 4.08. The van der Waals surface area contributed by atoms with Gasteiger partial charge in [0.15, 0.2) is 0 Å². The highest BCUT2D eigenvalue weighted by Gasteiger charge is 2.59. The minimum absolute atomic E-state index is 0.0698. The number of nitrogens with one attached hydrogen (secondary N) is 2. The first-order valence-corrected chi connectivity index (χ1v) is 12.6. The molecule has 2 aliphatic carbocycles. The monoisotopic (exact) mass is 510 g/mol. The summed E-state index contributed by atoms with van der Waals surface area (Å²) in [6, 6.07) is 4.50. The van der Waals surface area contributed by atoms with E-state index in [0.29, 0.717) is 24.1 Å². The van der Waals surface area contributed by atoms with Crippen molar-refractivity contribution in [3.8, 4) is 0 Å². The predicted molar refractivity (Wildman–Crippen MR) is 133 cm³/mol. The van der Waals surface area contributed by atoms with E-state index < -0.39 is 29.6 Å². The summed E-state index contributed by atoms with van der Waals surface area (Å²) in [6.45, 7) is 3.55. The van der Waals surface area contributed by atoms with Crippen molar-refractivity contribution in [2.45, 2.75) is 63.6 Å². The van der Waals surface area contributed by atoms with Gasteiger partial charge < -0.3 is 20.3 Å². The number of fused-ring (bicyclic) bond motifs is 2. The highest BCUT2D eigenvalue weighted by Crippen LogP contribution is 2.47. The summed E-state index contributed by atoms with van der Waals surface area (Å²) in [5, 5.41) is 5.18. The van der Waals surface area contributed by atoms with Gasteiger partial charge in [0.05, 0.1) is 0 Å². The Morgan fingerprint density at radius 3 is 2.73 bits per heavy atom. The van der Waals surface area contributed by atoms with Gasteiger partial charge in [-0.25, -0.2) is 18.9 Å². The number of likely N-dealkylation sites (tertiary alicyclic amines) is 1. The number of rotatable bonds is 4. The Hall–Kier alpha value is -3.69. The maximum atomic E-state index is 13.6. The van der Waals surface area contributed by atoms with E-state index >= 15 is 0 Å². The second-order valence-electron chi connectivity index (χ2n) is 10.5. The maximum Gasteiger partial charge on any atom is 0.418 e. The van der Waals surface area contributed by atoms with Crippen LogP contribution >= 0.6 is 0 Å². The Bertz CT molecular complexity index is 1250. The van der Waals surface area contributed by atoms with Crippen LogP contribution in [0.1, 0.15) is 50.7 Å². The first-order valence-electron chi connectivity index (χ1n) is 12.6. The third-order valence-corrected chi connectivity index (χ3v) is 8.22. The van der Waals surface area contributed by atoms with Crippen molar-refractivity contribution in [3.63, 3.8) is 0 Å². The number of hydrogen-bond acceptors (Lipinski definition) is 5. The molecule has 10 heteroatoms. The summed E-state index contributed by atoms with van der Waals surface area (Å²) >= 11 is 0. The second-order valence-corrected chi connectivity index (χ2v) is 10.5. The minimum Gasteiger partial charge on any atom is -0.427 e. The number of nitrogens with zero attached hydrogens (tertiary/aromatic N) is 2. The van der Waals surface area contributed by atoms with Crippen LogP contribution in [0.4, 0.5) is 19.7 Å². The number of allylic oxidation sites excluding steroid dienone is 3. The minimum atomic E-state index is -1.46. The van der Waals surface area contributed by atoms with Crippen molar-refractivity contribution >= 4 is 29.6 Å². The number of amides is 5. The van der Waals surface area contributed by atoms with E-state index in [2.05, 4.69) is 10.6 Å². The van der Waals surface area contributed by atoms with Crippen LogP contribution in [-0.2, 0) is 26.3 Å². The largest absolute Gasteiger partial charge is 0.427 e. The van der Waals surface area contributed by atoms with Crippen LogP contribution in [-0.4, -0.2) is 59.4 Å². The lowest BCUT2D eigenvalue weighted by molar-refractivity contribution is -0.143. The molecule has 1 aromatic carbocycles. The van der Waals surface area contributed by atoms with E-state index in [-0.39, 0.29) is 36.3 Å².